The normalized spacial score (nSPS) is 10.2. The Bertz CT molecular complexity index is 593. The predicted molar refractivity (Wildman–Crippen MR) is 67.8 cm³/mol. The van der Waals surface area contributed by atoms with Gasteiger partial charge in [0, 0.05) is 38.4 Å². The summed E-state index contributed by atoms with van der Waals surface area (Å²) in [5, 5.41) is 8.87. The Morgan fingerprint density at radius 3 is 2.74 bits per heavy atom. The predicted octanol–water partition coefficient (Wildman–Crippen LogP) is 1.38. The van der Waals surface area contributed by atoms with Crippen LogP contribution in [0.3, 0.4) is 0 Å². The van der Waals surface area contributed by atoms with Gasteiger partial charge in [0.25, 0.3) is 5.91 Å². The van der Waals surface area contributed by atoms with Gasteiger partial charge in [0.2, 0.25) is 0 Å². The molecule has 2 aromatic heterocycles. The van der Waals surface area contributed by atoms with Crippen LogP contribution in [0, 0.1) is 0 Å². The second-order valence-electron chi connectivity index (χ2n) is 4.15. The molecule has 0 aliphatic heterocycles. The summed E-state index contributed by atoms with van der Waals surface area (Å²) >= 11 is 0. The van der Waals surface area contributed by atoms with E-state index < -0.39 is 5.97 Å². The first-order valence-electron chi connectivity index (χ1n) is 5.63. The van der Waals surface area contributed by atoms with E-state index in [0.717, 1.165) is 5.56 Å². The quantitative estimate of drug-likeness (QED) is 0.868. The van der Waals surface area contributed by atoms with E-state index in [9.17, 15) is 9.59 Å². The van der Waals surface area contributed by atoms with Crippen molar-refractivity contribution in [2.45, 2.75) is 6.54 Å². The molecule has 0 unspecified atom stereocenters. The van der Waals surface area contributed by atoms with Gasteiger partial charge in [-0.15, -0.1) is 0 Å². The molecule has 2 heterocycles. The highest BCUT2D eigenvalue weighted by Gasteiger charge is 2.14. The SMILES string of the molecule is CN(Cc1cc[nH]c1)C(=O)c1cncc(C(=O)O)c1. The first-order valence-corrected chi connectivity index (χ1v) is 5.63. The Morgan fingerprint density at radius 2 is 2.11 bits per heavy atom. The molecule has 0 bridgehead atoms. The number of aromatic nitrogens is 2. The number of carbonyl (C=O) groups is 2. The van der Waals surface area contributed by atoms with Gasteiger partial charge < -0.3 is 15.0 Å². The minimum Gasteiger partial charge on any atom is -0.478 e. The molecule has 0 radical (unpaired) electrons. The fourth-order valence-electron chi connectivity index (χ4n) is 1.70. The number of hydrogen-bond acceptors (Lipinski definition) is 3. The van der Waals surface area contributed by atoms with E-state index in [-0.39, 0.29) is 17.0 Å². The summed E-state index contributed by atoms with van der Waals surface area (Å²) in [7, 11) is 1.66. The van der Waals surface area contributed by atoms with Crippen LogP contribution in [0.5, 0.6) is 0 Å². The van der Waals surface area contributed by atoms with E-state index in [4.69, 9.17) is 5.11 Å². The molecule has 1 amide bonds. The monoisotopic (exact) mass is 259 g/mol. The molecular weight excluding hydrogens is 246 g/mol. The van der Waals surface area contributed by atoms with Crippen LogP contribution in [0.1, 0.15) is 26.3 Å². The molecule has 0 fully saturated rings. The molecule has 0 aromatic carbocycles. The van der Waals surface area contributed by atoms with Gasteiger partial charge in [-0.3, -0.25) is 9.78 Å². The van der Waals surface area contributed by atoms with Gasteiger partial charge in [0.05, 0.1) is 11.1 Å². The van der Waals surface area contributed by atoms with Crippen LogP contribution in [-0.2, 0) is 6.54 Å². The number of amides is 1. The molecular formula is C13H13N3O3. The smallest absolute Gasteiger partial charge is 0.337 e. The van der Waals surface area contributed by atoms with Crippen LogP contribution in [0.2, 0.25) is 0 Å². The molecule has 6 heteroatoms. The number of aromatic amines is 1. The third-order valence-electron chi connectivity index (χ3n) is 2.66. The Kier molecular flexibility index (Phi) is 3.61. The summed E-state index contributed by atoms with van der Waals surface area (Å²) in [5.74, 6) is -1.37. The molecule has 2 aromatic rings. The summed E-state index contributed by atoms with van der Waals surface area (Å²) in [6, 6.07) is 3.20. The molecule has 2 rings (SSSR count). The maximum atomic E-state index is 12.1. The van der Waals surface area contributed by atoms with E-state index in [1.54, 1.807) is 19.4 Å². The lowest BCUT2D eigenvalue weighted by Gasteiger charge is -2.16. The lowest BCUT2D eigenvalue weighted by Crippen LogP contribution is -2.26. The van der Waals surface area contributed by atoms with Crippen molar-refractivity contribution in [2.24, 2.45) is 0 Å². The first-order chi connectivity index (χ1) is 9.08. The topological polar surface area (TPSA) is 86.3 Å². The Balaban J connectivity index is 2.14. The highest BCUT2D eigenvalue weighted by Crippen LogP contribution is 2.09. The number of H-pyrrole nitrogens is 1. The Labute approximate surface area is 109 Å². The van der Waals surface area contributed by atoms with E-state index in [1.165, 1.54) is 23.4 Å². The molecule has 19 heavy (non-hydrogen) atoms. The summed E-state index contributed by atoms with van der Waals surface area (Å²) in [6.07, 6.45) is 6.16. The molecule has 6 nitrogen and oxygen atoms in total. The van der Waals surface area contributed by atoms with Crippen molar-refractivity contribution in [1.82, 2.24) is 14.9 Å². The van der Waals surface area contributed by atoms with E-state index in [2.05, 4.69) is 9.97 Å². The average molecular weight is 259 g/mol. The van der Waals surface area contributed by atoms with Crippen molar-refractivity contribution < 1.29 is 14.7 Å². The second kappa shape index (κ2) is 5.34. The zero-order valence-corrected chi connectivity index (χ0v) is 10.3. The molecule has 2 N–H and O–H groups in total. The van der Waals surface area contributed by atoms with Gasteiger partial charge in [-0.05, 0) is 17.7 Å². The molecule has 0 aliphatic rings. The number of carboxylic acids is 1. The summed E-state index contributed by atoms with van der Waals surface area (Å²) < 4.78 is 0. The van der Waals surface area contributed by atoms with Crippen LogP contribution in [-0.4, -0.2) is 38.9 Å². The van der Waals surface area contributed by atoms with Crippen LogP contribution in [0.4, 0.5) is 0 Å². The average Bonchev–Trinajstić information content (AvgIpc) is 2.90. The lowest BCUT2D eigenvalue weighted by atomic mass is 10.2. The van der Waals surface area contributed by atoms with Gasteiger partial charge in [-0.1, -0.05) is 0 Å². The van der Waals surface area contributed by atoms with Gasteiger partial charge in [-0.25, -0.2) is 4.79 Å². The minimum absolute atomic E-state index is 0.000828. The highest BCUT2D eigenvalue weighted by atomic mass is 16.4. The highest BCUT2D eigenvalue weighted by molar-refractivity contribution is 5.96. The number of carboxylic acid groups (broad SMARTS) is 1. The van der Waals surface area contributed by atoms with E-state index in [1.807, 2.05) is 6.07 Å². The molecule has 98 valence electrons. The third kappa shape index (κ3) is 2.98. The standard InChI is InChI=1S/C13H13N3O3/c1-16(8-9-2-3-14-5-9)12(17)10-4-11(13(18)19)7-15-6-10/h2-7,14H,8H2,1H3,(H,18,19). The van der Waals surface area contributed by atoms with Gasteiger partial charge in [0.15, 0.2) is 0 Å². The largest absolute Gasteiger partial charge is 0.478 e. The maximum absolute atomic E-state index is 12.1. The molecule has 0 saturated heterocycles. The van der Waals surface area contributed by atoms with Crippen molar-refractivity contribution in [3.8, 4) is 0 Å². The third-order valence-corrected chi connectivity index (χ3v) is 2.66. The minimum atomic E-state index is -1.10. The maximum Gasteiger partial charge on any atom is 0.337 e. The van der Waals surface area contributed by atoms with Crippen molar-refractivity contribution in [1.29, 1.82) is 0 Å². The number of nitrogens with zero attached hydrogens (tertiary/aromatic N) is 2. The number of carbonyl (C=O) groups excluding carboxylic acids is 1. The summed E-state index contributed by atoms with van der Waals surface area (Å²) in [4.78, 5) is 31.1. The van der Waals surface area contributed by atoms with Gasteiger partial charge >= 0.3 is 5.97 Å². The van der Waals surface area contributed by atoms with E-state index in [0.29, 0.717) is 6.54 Å². The number of hydrogen-bond donors (Lipinski definition) is 2. The van der Waals surface area contributed by atoms with Crippen LogP contribution in [0.25, 0.3) is 0 Å². The molecule has 0 atom stereocenters. The fraction of sp³-hybridized carbons (Fsp3) is 0.154. The molecule has 0 saturated carbocycles. The van der Waals surface area contributed by atoms with Crippen LogP contribution >= 0.6 is 0 Å². The first kappa shape index (κ1) is 12.8. The second-order valence-corrected chi connectivity index (χ2v) is 4.15. The van der Waals surface area contributed by atoms with E-state index >= 15 is 0 Å². The Hall–Kier alpha value is -2.63. The number of nitrogens with one attached hydrogen (secondary N) is 1. The Morgan fingerprint density at radius 1 is 1.37 bits per heavy atom. The number of rotatable bonds is 4. The zero-order valence-electron chi connectivity index (χ0n) is 10.3. The van der Waals surface area contributed by atoms with Gasteiger partial charge in [-0.2, -0.15) is 0 Å². The number of pyridine rings is 1. The molecule has 0 spiro atoms. The molecule has 0 aliphatic carbocycles. The van der Waals surface area contributed by atoms with Crippen molar-refractivity contribution >= 4 is 11.9 Å². The lowest BCUT2D eigenvalue weighted by molar-refractivity contribution is 0.0696. The fourth-order valence-corrected chi connectivity index (χ4v) is 1.70. The summed E-state index contributed by atoms with van der Waals surface area (Å²) in [6.45, 7) is 0.444. The number of aromatic carboxylic acids is 1. The zero-order chi connectivity index (χ0) is 13.8. The van der Waals surface area contributed by atoms with Crippen molar-refractivity contribution in [3.05, 3.63) is 53.6 Å². The van der Waals surface area contributed by atoms with Crippen LogP contribution in [0.15, 0.2) is 36.9 Å². The summed E-state index contributed by atoms with van der Waals surface area (Å²) in [5.41, 5.74) is 1.23. The van der Waals surface area contributed by atoms with Gasteiger partial charge in [0.1, 0.15) is 0 Å². The van der Waals surface area contributed by atoms with Crippen molar-refractivity contribution in [2.75, 3.05) is 7.05 Å². The van der Waals surface area contributed by atoms with Crippen LogP contribution < -0.4 is 0 Å². The van der Waals surface area contributed by atoms with Crippen molar-refractivity contribution in [3.63, 3.8) is 0 Å².